The summed E-state index contributed by atoms with van der Waals surface area (Å²) >= 11 is 5.96. The molecule has 0 atom stereocenters. The van der Waals surface area contributed by atoms with Crippen LogP contribution in [0.5, 0.6) is 0 Å². The Labute approximate surface area is 147 Å². The number of carbonyl (C=O) groups excluding carboxylic acids is 1. The lowest BCUT2D eigenvalue weighted by molar-refractivity contribution is -0.00257. The molecule has 5 heteroatoms. The Morgan fingerprint density at radius 3 is 2.62 bits per heavy atom. The van der Waals surface area contributed by atoms with Crippen LogP contribution in [0, 0.1) is 5.92 Å². The van der Waals surface area contributed by atoms with Crippen LogP contribution in [0.3, 0.4) is 0 Å². The molecule has 1 aliphatic rings. The predicted molar refractivity (Wildman–Crippen MR) is 96.3 cm³/mol. The molecule has 0 bridgehead atoms. The van der Waals surface area contributed by atoms with E-state index < -0.39 is 5.60 Å². The number of amides is 1. The summed E-state index contributed by atoms with van der Waals surface area (Å²) in [6, 6.07) is 7.46. The van der Waals surface area contributed by atoms with Gasteiger partial charge in [-0.3, -0.25) is 9.78 Å². The maximum absolute atomic E-state index is 12.5. The van der Waals surface area contributed by atoms with Crippen LogP contribution in [0.15, 0.2) is 30.5 Å². The third-order valence-electron chi connectivity index (χ3n) is 4.97. The molecular formula is C19H23ClN2O2. The van der Waals surface area contributed by atoms with E-state index in [0.29, 0.717) is 16.5 Å². The van der Waals surface area contributed by atoms with Crippen molar-refractivity contribution in [1.82, 2.24) is 10.3 Å². The van der Waals surface area contributed by atoms with Crippen molar-refractivity contribution in [2.24, 2.45) is 5.92 Å². The van der Waals surface area contributed by atoms with Crippen molar-refractivity contribution >= 4 is 28.4 Å². The highest BCUT2D eigenvalue weighted by atomic mass is 35.5. The molecule has 24 heavy (non-hydrogen) atoms. The summed E-state index contributed by atoms with van der Waals surface area (Å²) in [5, 5.41) is 14.7. The summed E-state index contributed by atoms with van der Waals surface area (Å²) in [4.78, 5) is 16.8. The fourth-order valence-corrected chi connectivity index (χ4v) is 3.60. The average Bonchev–Trinajstić information content (AvgIpc) is 2.54. The van der Waals surface area contributed by atoms with Crippen LogP contribution in [0.1, 0.15) is 49.9 Å². The predicted octanol–water partition coefficient (Wildman–Crippen LogP) is 3.95. The van der Waals surface area contributed by atoms with Gasteiger partial charge in [-0.25, -0.2) is 0 Å². The van der Waals surface area contributed by atoms with Crippen molar-refractivity contribution in [1.29, 1.82) is 0 Å². The van der Waals surface area contributed by atoms with Crippen LogP contribution in [0.4, 0.5) is 0 Å². The molecule has 1 amide bonds. The molecule has 0 unspecified atom stereocenters. The monoisotopic (exact) mass is 346 g/mol. The third-order valence-corrected chi connectivity index (χ3v) is 5.20. The molecule has 1 fully saturated rings. The van der Waals surface area contributed by atoms with Crippen molar-refractivity contribution in [2.45, 2.75) is 51.2 Å². The number of nitrogens with zero attached hydrogens (tertiary/aromatic N) is 1. The topological polar surface area (TPSA) is 62.2 Å². The minimum Gasteiger partial charge on any atom is -0.390 e. The van der Waals surface area contributed by atoms with Gasteiger partial charge in [-0.15, -0.1) is 0 Å². The number of rotatable bonds is 3. The smallest absolute Gasteiger partial charge is 0.253 e. The molecule has 1 heterocycles. The standard InChI is InChI=1S/C19H23ClN2O2/c1-19(2,24)14-4-7-16(8-5-14)22-18(23)13-9-12-3-6-15(20)10-17(12)21-11-13/h3,6,9-11,14,16,24H,4-5,7-8H2,1-2H3,(H,22,23)/t14-,16-. The van der Waals surface area contributed by atoms with Gasteiger partial charge in [0.05, 0.1) is 16.7 Å². The first-order valence-electron chi connectivity index (χ1n) is 8.41. The average molecular weight is 347 g/mol. The zero-order valence-electron chi connectivity index (χ0n) is 14.1. The Hall–Kier alpha value is -1.65. The van der Waals surface area contributed by atoms with E-state index >= 15 is 0 Å². The minimum atomic E-state index is -0.640. The lowest BCUT2D eigenvalue weighted by atomic mass is 9.77. The molecule has 0 saturated heterocycles. The summed E-state index contributed by atoms with van der Waals surface area (Å²) in [6.07, 6.45) is 5.26. The Bertz CT molecular complexity index is 747. The quantitative estimate of drug-likeness (QED) is 0.884. The van der Waals surface area contributed by atoms with Gasteiger partial charge in [-0.2, -0.15) is 0 Å². The van der Waals surface area contributed by atoms with Gasteiger partial charge in [0.25, 0.3) is 5.91 Å². The van der Waals surface area contributed by atoms with Crippen LogP contribution >= 0.6 is 11.6 Å². The number of benzene rings is 1. The highest BCUT2D eigenvalue weighted by Gasteiger charge is 2.31. The molecule has 2 N–H and O–H groups in total. The van der Waals surface area contributed by atoms with Gasteiger partial charge in [0.15, 0.2) is 0 Å². The Morgan fingerprint density at radius 1 is 1.25 bits per heavy atom. The van der Waals surface area contributed by atoms with Crippen molar-refractivity contribution in [2.75, 3.05) is 0 Å². The van der Waals surface area contributed by atoms with Crippen LogP contribution in [0.25, 0.3) is 10.9 Å². The van der Waals surface area contributed by atoms with E-state index in [0.717, 1.165) is 36.6 Å². The Morgan fingerprint density at radius 2 is 1.96 bits per heavy atom. The molecule has 0 radical (unpaired) electrons. The lowest BCUT2D eigenvalue weighted by Crippen LogP contribution is -2.41. The number of hydrogen-bond acceptors (Lipinski definition) is 3. The third kappa shape index (κ3) is 3.87. The fraction of sp³-hybridized carbons (Fsp3) is 0.474. The van der Waals surface area contributed by atoms with Gasteiger partial charge >= 0.3 is 0 Å². The van der Waals surface area contributed by atoms with Crippen LogP contribution < -0.4 is 5.32 Å². The summed E-state index contributed by atoms with van der Waals surface area (Å²) in [5.74, 6) is 0.212. The number of nitrogens with one attached hydrogen (secondary N) is 1. The van der Waals surface area contributed by atoms with E-state index in [9.17, 15) is 9.90 Å². The van der Waals surface area contributed by atoms with Crippen LogP contribution in [-0.2, 0) is 0 Å². The van der Waals surface area contributed by atoms with Crippen molar-refractivity contribution < 1.29 is 9.90 Å². The number of aromatic nitrogens is 1. The first-order valence-corrected chi connectivity index (χ1v) is 8.79. The van der Waals surface area contributed by atoms with Crippen molar-refractivity contribution in [3.8, 4) is 0 Å². The minimum absolute atomic E-state index is 0.0916. The van der Waals surface area contributed by atoms with E-state index in [1.165, 1.54) is 0 Å². The zero-order chi connectivity index (χ0) is 17.3. The summed E-state index contributed by atoms with van der Waals surface area (Å²) < 4.78 is 0. The highest BCUT2D eigenvalue weighted by Crippen LogP contribution is 2.32. The normalized spacial score (nSPS) is 21.7. The van der Waals surface area contributed by atoms with Gasteiger partial charge in [0.2, 0.25) is 0 Å². The molecule has 1 aliphatic carbocycles. The first kappa shape index (κ1) is 17.2. The van der Waals surface area contributed by atoms with Gasteiger partial charge in [-0.1, -0.05) is 17.7 Å². The van der Waals surface area contributed by atoms with Crippen LogP contribution in [-0.4, -0.2) is 27.6 Å². The SMILES string of the molecule is CC(C)(O)[C@H]1CC[C@H](NC(=O)c2cnc3cc(Cl)ccc3c2)CC1. The maximum Gasteiger partial charge on any atom is 0.253 e. The number of aliphatic hydroxyl groups is 1. The largest absolute Gasteiger partial charge is 0.390 e. The van der Waals surface area contributed by atoms with Crippen LogP contribution in [0.2, 0.25) is 5.02 Å². The first-order chi connectivity index (χ1) is 11.3. The van der Waals surface area contributed by atoms with E-state index in [1.807, 2.05) is 26.0 Å². The van der Waals surface area contributed by atoms with E-state index in [2.05, 4.69) is 10.3 Å². The van der Waals surface area contributed by atoms with Crippen molar-refractivity contribution in [3.05, 3.63) is 41.0 Å². The second kappa shape index (κ2) is 6.69. The van der Waals surface area contributed by atoms with Gasteiger partial charge < -0.3 is 10.4 Å². The molecular weight excluding hydrogens is 324 g/mol. The second-order valence-corrected chi connectivity index (χ2v) is 7.67. The highest BCUT2D eigenvalue weighted by molar-refractivity contribution is 6.31. The van der Waals surface area contributed by atoms with Gasteiger partial charge in [0.1, 0.15) is 0 Å². The van der Waals surface area contributed by atoms with Crippen molar-refractivity contribution in [3.63, 3.8) is 0 Å². The summed E-state index contributed by atoms with van der Waals surface area (Å²) in [6.45, 7) is 3.73. The molecule has 0 spiro atoms. The lowest BCUT2D eigenvalue weighted by Gasteiger charge is -2.36. The summed E-state index contributed by atoms with van der Waals surface area (Å²) in [5.41, 5.74) is 0.706. The van der Waals surface area contributed by atoms with Gasteiger partial charge in [-0.05, 0) is 63.6 Å². The summed E-state index contributed by atoms with van der Waals surface area (Å²) in [7, 11) is 0. The van der Waals surface area contributed by atoms with Gasteiger partial charge in [0, 0.05) is 22.6 Å². The fourth-order valence-electron chi connectivity index (χ4n) is 3.43. The Balaban J connectivity index is 1.64. The zero-order valence-corrected chi connectivity index (χ0v) is 14.8. The Kier molecular flexibility index (Phi) is 4.79. The number of carbonyl (C=O) groups is 1. The van der Waals surface area contributed by atoms with E-state index in [-0.39, 0.29) is 11.9 Å². The molecule has 1 aromatic heterocycles. The molecule has 4 nitrogen and oxygen atoms in total. The second-order valence-electron chi connectivity index (χ2n) is 7.24. The number of pyridine rings is 1. The number of fused-ring (bicyclic) bond motifs is 1. The number of halogens is 1. The molecule has 0 aliphatic heterocycles. The molecule has 3 rings (SSSR count). The van der Waals surface area contributed by atoms with E-state index in [1.54, 1.807) is 18.3 Å². The molecule has 2 aromatic rings. The molecule has 1 aromatic carbocycles. The molecule has 1 saturated carbocycles. The van der Waals surface area contributed by atoms with E-state index in [4.69, 9.17) is 11.6 Å². The number of hydrogen-bond donors (Lipinski definition) is 2. The maximum atomic E-state index is 12.5. The molecule has 128 valence electrons.